The molecule has 0 spiro atoms. The summed E-state index contributed by atoms with van der Waals surface area (Å²) in [5.41, 5.74) is -7.00. The van der Waals surface area contributed by atoms with E-state index in [0.29, 0.717) is 0 Å². The van der Waals surface area contributed by atoms with Crippen LogP contribution in [0.15, 0.2) is 0 Å². The molecule has 10 heteroatoms. The Balaban J connectivity index is 2.99. The summed E-state index contributed by atoms with van der Waals surface area (Å²) in [5, 5.41) is 17.3. The molecule has 0 aliphatic heterocycles. The lowest BCUT2D eigenvalue weighted by Crippen LogP contribution is -2.11. The first-order valence-electron chi connectivity index (χ1n) is 6.10. The van der Waals surface area contributed by atoms with Gasteiger partial charge >= 0.3 is 0 Å². The van der Waals surface area contributed by atoms with Crippen LogP contribution in [0.3, 0.4) is 0 Å². The van der Waals surface area contributed by atoms with E-state index in [0.717, 1.165) is 0 Å². The second kappa shape index (κ2) is 6.36. The highest BCUT2D eigenvalue weighted by atomic mass is 19.2. The summed E-state index contributed by atoms with van der Waals surface area (Å²) in [7, 11) is 0. The quantitative estimate of drug-likeness (QED) is 0.652. The van der Waals surface area contributed by atoms with Gasteiger partial charge in [0.1, 0.15) is 0 Å². The summed E-state index contributed by atoms with van der Waals surface area (Å²) in [5.74, 6) is -18.2. The molecule has 0 amide bonds. The smallest absolute Gasteiger partial charge is 0.170 e. The minimum absolute atomic E-state index is 1.47. The number of aliphatic hydroxyl groups excluding tert-OH is 2. The fourth-order valence-electron chi connectivity index (χ4n) is 2.07. The van der Waals surface area contributed by atoms with E-state index in [-0.39, 0.29) is 0 Å². The molecule has 0 aliphatic carbocycles. The van der Waals surface area contributed by atoms with Gasteiger partial charge < -0.3 is 10.2 Å². The molecule has 0 radical (unpaired) electrons. The Hall–Kier alpha value is -2.20. The highest BCUT2D eigenvalue weighted by molar-refractivity contribution is 5.68. The zero-order valence-corrected chi connectivity index (χ0v) is 11.3. The van der Waals surface area contributed by atoms with Crippen molar-refractivity contribution < 1.29 is 45.3 Å². The molecule has 0 aliphatic rings. The van der Waals surface area contributed by atoms with Gasteiger partial charge in [-0.1, -0.05) is 0 Å². The molecule has 2 rings (SSSR count). The minimum atomic E-state index is -2.36. The fourth-order valence-corrected chi connectivity index (χ4v) is 2.07. The van der Waals surface area contributed by atoms with Gasteiger partial charge in [0, 0.05) is 0 Å². The fraction of sp³-hybridized carbons (Fsp3) is 0.143. The van der Waals surface area contributed by atoms with Crippen LogP contribution in [-0.2, 0) is 13.2 Å². The van der Waals surface area contributed by atoms with Crippen molar-refractivity contribution in [2.75, 3.05) is 0 Å². The van der Waals surface area contributed by atoms with E-state index in [1.165, 1.54) is 0 Å². The predicted octanol–water partition coefficient (Wildman–Crippen LogP) is 3.45. The van der Waals surface area contributed by atoms with Crippen LogP contribution < -0.4 is 0 Å². The van der Waals surface area contributed by atoms with Crippen LogP contribution in [0.25, 0.3) is 11.1 Å². The molecule has 24 heavy (non-hydrogen) atoms. The lowest BCUT2D eigenvalue weighted by atomic mass is 9.98. The summed E-state index contributed by atoms with van der Waals surface area (Å²) >= 11 is 0. The van der Waals surface area contributed by atoms with Gasteiger partial charge in [-0.15, -0.1) is 0 Å². The van der Waals surface area contributed by atoms with Crippen LogP contribution in [0.1, 0.15) is 11.1 Å². The van der Waals surface area contributed by atoms with Crippen molar-refractivity contribution in [2.24, 2.45) is 0 Å². The predicted molar refractivity (Wildman–Crippen MR) is 63.4 cm³/mol. The van der Waals surface area contributed by atoms with E-state index in [9.17, 15) is 35.1 Å². The molecule has 2 N–H and O–H groups in total. The molecular formula is C14H6F8O2. The highest BCUT2D eigenvalue weighted by Crippen LogP contribution is 2.38. The Labute approximate surface area is 128 Å². The van der Waals surface area contributed by atoms with E-state index in [1.807, 2.05) is 0 Å². The summed E-state index contributed by atoms with van der Waals surface area (Å²) in [6, 6.07) is 0. The van der Waals surface area contributed by atoms with Crippen molar-refractivity contribution in [1.29, 1.82) is 0 Å². The topological polar surface area (TPSA) is 40.5 Å². The van der Waals surface area contributed by atoms with Gasteiger partial charge in [0.2, 0.25) is 0 Å². The molecular weight excluding hydrogens is 352 g/mol. The second-order valence-electron chi connectivity index (χ2n) is 4.54. The third-order valence-corrected chi connectivity index (χ3v) is 3.27. The number of hydrogen-bond donors (Lipinski definition) is 2. The molecule has 2 nitrogen and oxygen atoms in total. The van der Waals surface area contributed by atoms with Crippen LogP contribution >= 0.6 is 0 Å². The van der Waals surface area contributed by atoms with Gasteiger partial charge in [-0.3, -0.25) is 0 Å². The summed E-state index contributed by atoms with van der Waals surface area (Å²) in [4.78, 5) is 0. The molecule has 0 atom stereocenters. The Morgan fingerprint density at radius 3 is 0.792 bits per heavy atom. The maximum Gasteiger partial charge on any atom is 0.170 e. The van der Waals surface area contributed by atoms with Gasteiger partial charge in [0.05, 0.1) is 35.5 Å². The molecule has 0 aromatic heterocycles. The number of halogens is 8. The molecule has 2 aromatic rings. The standard InChI is InChI=1S/C14H6F8O2/c15-7-3(1-23)8(16)12(20)5(11(7)19)6-13(21)9(17)4(2-24)10(18)14(6)22/h23-24H,1-2H2. The van der Waals surface area contributed by atoms with Gasteiger partial charge in [-0.25, -0.2) is 35.1 Å². The first-order valence-corrected chi connectivity index (χ1v) is 6.10. The molecule has 2 aromatic carbocycles. The molecule has 130 valence electrons. The molecule has 0 bridgehead atoms. The normalized spacial score (nSPS) is 11.2. The highest BCUT2D eigenvalue weighted by Gasteiger charge is 2.33. The lowest BCUT2D eigenvalue weighted by molar-refractivity contribution is 0.261. The van der Waals surface area contributed by atoms with Crippen LogP contribution in [0.4, 0.5) is 35.1 Å². The van der Waals surface area contributed by atoms with E-state index in [2.05, 4.69) is 0 Å². The number of hydrogen-bond acceptors (Lipinski definition) is 2. The first-order chi connectivity index (χ1) is 11.2. The zero-order valence-electron chi connectivity index (χ0n) is 11.3. The van der Waals surface area contributed by atoms with Crippen LogP contribution in [0.5, 0.6) is 0 Å². The Morgan fingerprint density at radius 1 is 0.417 bits per heavy atom. The van der Waals surface area contributed by atoms with Crippen LogP contribution in [0.2, 0.25) is 0 Å². The van der Waals surface area contributed by atoms with Gasteiger partial charge in [-0.05, 0) is 0 Å². The maximum absolute atomic E-state index is 13.9. The molecule has 0 unspecified atom stereocenters. The zero-order chi connectivity index (χ0) is 18.3. The third-order valence-electron chi connectivity index (χ3n) is 3.27. The Morgan fingerprint density at radius 2 is 0.625 bits per heavy atom. The molecule has 0 saturated heterocycles. The van der Waals surface area contributed by atoms with Gasteiger partial charge in [0.15, 0.2) is 46.5 Å². The van der Waals surface area contributed by atoms with Crippen LogP contribution in [-0.4, -0.2) is 10.2 Å². The van der Waals surface area contributed by atoms with Crippen molar-refractivity contribution in [3.63, 3.8) is 0 Å². The van der Waals surface area contributed by atoms with Crippen molar-refractivity contribution in [3.05, 3.63) is 57.7 Å². The van der Waals surface area contributed by atoms with Gasteiger partial charge in [-0.2, -0.15) is 0 Å². The van der Waals surface area contributed by atoms with E-state index in [1.54, 1.807) is 0 Å². The SMILES string of the molecule is OCc1c(F)c(F)c(-c2c(F)c(F)c(CO)c(F)c2F)c(F)c1F. The summed E-state index contributed by atoms with van der Waals surface area (Å²) in [6.45, 7) is -2.97. The average Bonchev–Trinajstić information content (AvgIpc) is 2.55. The second-order valence-corrected chi connectivity index (χ2v) is 4.54. The van der Waals surface area contributed by atoms with Crippen molar-refractivity contribution in [2.45, 2.75) is 13.2 Å². The summed E-state index contributed by atoms with van der Waals surface area (Å²) in [6.07, 6.45) is 0. The number of benzene rings is 2. The first kappa shape index (κ1) is 18.1. The minimum Gasteiger partial charge on any atom is -0.391 e. The summed E-state index contributed by atoms with van der Waals surface area (Å²) < 4.78 is 110. The number of aliphatic hydroxyl groups is 2. The molecule has 0 saturated carbocycles. The third kappa shape index (κ3) is 2.42. The largest absolute Gasteiger partial charge is 0.391 e. The lowest BCUT2D eigenvalue weighted by Gasteiger charge is -2.14. The van der Waals surface area contributed by atoms with E-state index < -0.39 is 82.0 Å². The number of rotatable bonds is 3. The monoisotopic (exact) mass is 358 g/mol. The van der Waals surface area contributed by atoms with Crippen molar-refractivity contribution >= 4 is 0 Å². The Kier molecular flexibility index (Phi) is 4.81. The molecule has 0 heterocycles. The van der Waals surface area contributed by atoms with E-state index in [4.69, 9.17) is 10.2 Å². The average molecular weight is 358 g/mol. The van der Waals surface area contributed by atoms with Crippen LogP contribution in [0, 0.1) is 46.5 Å². The maximum atomic E-state index is 13.9. The van der Waals surface area contributed by atoms with Crippen molar-refractivity contribution in [3.8, 4) is 11.1 Å². The van der Waals surface area contributed by atoms with E-state index >= 15 is 0 Å². The molecule has 0 fully saturated rings. The Bertz CT molecular complexity index is 707. The van der Waals surface area contributed by atoms with Crippen molar-refractivity contribution in [1.82, 2.24) is 0 Å². The van der Waals surface area contributed by atoms with Gasteiger partial charge in [0.25, 0.3) is 0 Å².